The molecule has 3 aliphatic carbocycles. The topological polar surface area (TPSA) is 4.93 Å². The van der Waals surface area contributed by atoms with E-state index in [-0.39, 0.29) is 10.8 Å². The minimum Gasteiger partial charge on any atom is -0.309 e. The zero-order valence-corrected chi connectivity index (χ0v) is 42.5. The molecule has 10 aromatic carbocycles. The van der Waals surface area contributed by atoms with Crippen LogP contribution < -0.4 is 0 Å². The molecule has 0 radical (unpaired) electrons. The summed E-state index contributed by atoms with van der Waals surface area (Å²) in [6.07, 6.45) is 3.25. The Morgan fingerprint density at radius 1 is 0.411 bits per heavy atom. The molecule has 1 heteroatoms. The molecular formula is C72H57N. The first-order valence-corrected chi connectivity index (χ1v) is 26.1. The van der Waals surface area contributed by atoms with Gasteiger partial charge in [0.2, 0.25) is 0 Å². The lowest BCUT2D eigenvalue weighted by Gasteiger charge is -2.34. The average molecular weight is 936 g/mol. The minimum absolute atomic E-state index is 0.0956. The van der Waals surface area contributed by atoms with Gasteiger partial charge >= 0.3 is 0 Å². The fourth-order valence-electron chi connectivity index (χ4n) is 13.6. The Hall–Kier alpha value is -8.26. The monoisotopic (exact) mass is 935 g/mol. The summed E-state index contributed by atoms with van der Waals surface area (Å²) in [5, 5.41) is 2.53. The van der Waals surface area contributed by atoms with E-state index in [0.717, 1.165) is 6.42 Å². The summed E-state index contributed by atoms with van der Waals surface area (Å²) in [6, 6.07) is 83.5. The summed E-state index contributed by atoms with van der Waals surface area (Å²) in [6.45, 7) is 14.0. The van der Waals surface area contributed by atoms with E-state index < -0.39 is 5.41 Å². The SMILES string of the molecule is Cc1ccc(C2(c3ccc(C)cc3)c3cc(C/C(=C/c4ccc5c(c4)C(C)(C)c4ccccc4-5)c4ccc5c(c4)C(C)(C)c4ccccc4-5)ccc3-c3c(-n4c5ccccc5c5ccccc54)cccc32)cc1. The molecule has 1 aromatic heterocycles. The first kappa shape index (κ1) is 43.5. The number of rotatable bonds is 7. The molecule has 350 valence electrons. The van der Waals surface area contributed by atoms with Crippen LogP contribution in [0.4, 0.5) is 0 Å². The van der Waals surface area contributed by atoms with E-state index in [4.69, 9.17) is 0 Å². The minimum atomic E-state index is -0.593. The van der Waals surface area contributed by atoms with Gasteiger partial charge in [-0.2, -0.15) is 0 Å². The van der Waals surface area contributed by atoms with Crippen LogP contribution in [0.15, 0.2) is 218 Å². The molecule has 14 rings (SSSR count). The maximum Gasteiger partial charge on any atom is 0.0714 e. The van der Waals surface area contributed by atoms with Crippen molar-refractivity contribution in [2.45, 2.75) is 64.2 Å². The second-order valence-corrected chi connectivity index (χ2v) is 22.2. The van der Waals surface area contributed by atoms with Gasteiger partial charge in [-0.1, -0.05) is 239 Å². The van der Waals surface area contributed by atoms with Gasteiger partial charge in [0.15, 0.2) is 0 Å². The second kappa shape index (κ2) is 15.9. The molecule has 0 fully saturated rings. The van der Waals surface area contributed by atoms with Crippen molar-refractivity contribution in [1.82, 2.24) is 4.57 Å². The first-order valence-electron chi connectivity index (χ1n) is 26.1. The number of hydrogen-bond acceptors (Lipinski definition) is 0. The van der Waals surface area contributed by atoms with Crippen molar-refractivity contribution in [1.29, 1.82) is 0 Å². The van der Waals surface area contributed by atoms with Crippen molar-refractivity contribution in [3.05, 3.63) is 291 Å². The molecule has 0 atom stereocenters. The number of aromatic nitrogens is 1. The highest BCUT2D eigenvalue weighted by atomic mass is 15.0. The summed E-state index contributed by atoms with van der Waals surface area (Å²) >= 11 is 0. The molecule has 1 nitrogen and oxygen atoms in total. The fraction of sp³-hybridized carbons (Fsp3) is 0.139. The number of allylic oxidation sites excluding steroid dienone is 1. The smallest absolute Gasteiger partial charge is 0.0714 e. The van der Waals surface area contributed by atoms with E-state index in [1.54, 1.807) is 0 Å². The van der Waals surface area contributed by atoms with Gasteiger partial charge in [-0.3, -0.25) is 0 Å². The van der Waals surface area contributed by atoms with Crippen LogP contribution in [0.1, 0.15) is 100 Å². The van der Waals surface area contributed by atoms with Crippen molar-refractivity contribution in [3.8, 4) is 39.1 Å². The average Bonchev–Trinajstić information content (AvgIpc) is 4.06. The van der Waals surface area contributed by atoms with E-state index in [0.29, 0.717) is 0 Å². The highest BCUT2D eigenvalue weighted by molar-refractivity contribution is 6.10. The van der Waals surface area contributed by atoms with Crippen LogP contribution in [-0.4, -0.2) is 4.57 Å². The molecule has 0 unspecified atom stereocenters. The highest BCUT2D eigenvalue weighted by Crippen LogP contribution is 2.59. The lowest BCUT2D eigenvalue weighted by atomic mass is 9.67. The molecule has 0 spiro atoms. The van der Waals surface area contributed by atoms with Gasteiger partial charge < -0.3 is 4.57 Å². The standard InChI is InChI=1S/C72H57N/c1-45-26-33-51(34-27-45)72(52-35-28-46(2)29-36-52)62-22-15-25-68(73-66-23-13-9-18-57(66)58-19-10-14-24-67(58)73)69(62)59-38-31-48(43-65(59)72)41-50(49-32-39-56-54-17-8-12-21-61(54)71(5,6)64(56)44-49)40-47-30-37-55-53-16-7-11-20-60(53)70(3,4)63(55)42-47/h7-40,42-44H,41H2,1-6H3/b50-40-. The molecule has 73 heavy (non-hydrogen) atoms. The summed E-state index contributed by atoms with van der Waals surface area (Å²) in [5.74, 6) is 0. The van der Waals surface area contributed by atoms with Crippen LogP contribution in [0, 0.1) is 13.8 Å². The predicted molar refractivity (Wildman–Crippen MR) is 307 cm³/mol. The third-order valence-electron chi connectivity index (χ3n) is 17.3. The van der Waals surface area contributed by atoms with Crippen LogP contribution in [-0.2, 0) is 22.7 Å². The number of benzene rings is 10. The summed E-state index contributed by atoms with van der Waals surface area (Å²) in [5.41, 5.74) is 29.1. The molecule has 1 heterocycles. The Bertz CT molecular complexity index is 4010. The van der Waals surface area contributed by atoms with Crippen molar-refractivity contribution in [2.75, 3.05) is 0 Å². The predicted octanol–water partition coefficient (Wildman–Crippen LogP) is 18.2. The van der Waals surface area contributed by atoms with Crippen LogP contribution in [0.25, 0.3) is 72.5 Å². The molecule has 0 saturated carbocycles. The summed E-state index contributed by atoms with van der Waals surface area (Å²) in [7, 11) is 0. The van der Waals surface area contributed by atoms with Crippen molar-refractivity contribution >= 4 is 33.5 Å². The van der Waals surface area contributed by atoms with E-state index in [1.807, 2.05) is 0 Å². The van der Waals surface area contributed by atoms with Crippen molar-refractivity contribution in [3.63, 3.8) is 0 Å². The van der Waals surface area contributed by atoms with E-state index in [1.165, 1.54) is 139 Å². The molecule has 0 amide bonds. The largest absolute Gasteiger partial charge is 0.309 e. The van der Waals surface area contributed by atoms with Crippen LogP contribution in [0.3, 0.4) is 0 Å². The Labute approximate surface area is 429 Å². The number of hydrogen-bond donors (Lipinski definition) is 0. The number of nitrogens with zero attached hydrogens (tertiary/aromatic N) is 1. The van der Waals surface area contributed by atoms with Gasteiger partial charge in [0.05, 0.1) is 22.1 Å². The lowest BCUT2D eigenvalue weighted by Crippen LogP contribution is -2.28. The highest BCUT2D eigenvalue weighted by Gasteiger charge is 2.48. The van der Waals surface area contributed by atoms with Gasteiger partial charge in [-0.25, -0.2) is 0 Å². The molecule has 0 N–H and O–H groups in total. The Kier molecular flexibility index (Phi) is 9.46. The number of para-hydroxylation sites is 2. The third kappa shape index (κ3) is 6.28. The summed E-state index contributed by atoms with van der Waals surface area (Å²) in [4.78, 5) is 0. The van der Waals surface area contributed by atoms with Crippen molar-refractivity contribution in [2.24, 2.45) is 0 Å². The Morgan fingerprint density at radius 3 is 1.53 bits per heavy atom. The van der Waals surface area contributed by atoms with Crippen molar-refractivity contribution < 1.29 is 0 Å². The molecule has 0 aliphatic heterocycles. The maximum atomic E-state index is 2.58. The molecule has 3 aliphatic rings. The number of fused-ring (bicyclic) bond motifs is 12. The Morgan fingerprint density at radius 2 is 0.918 bits per heavy atom. The zero-order chi connectivity index (χ0) is 49.4. The zero-order valence-electron chi connectivity index (χ0n) is 42.5. The van der Waals surface area contributed by atoms with E-state index >= 15 is 0 Å². The van der Waals surface area contributed by atoms with Gasteiger partial charge in [-0.15, -0.1) is 0 Å². The maximum absolute atomic E-state index is 2.58. The van der Waals surface area contributed by atoms with Crippen LogP contribution >= 0.6 is 0 Å². The molecule has 0 saturated heterocycles. The fourth-order valence-corrected chi connectivity index (χ4v) is 13.6. The molecule has 0 bridgehead atoms. The number of aryl methyl sites for hydroxylation is 2. The van der Waals surface area contributed by atoms with Crippen LogP contribution in [0.5, 0.6) is 0 Å². The second-order valence-electron chi connectivity index (χ2n) is 22.2. The first-order chi connectivity index (χ1) is 35.5. The molecule has 11 aromatic rings. The molecular weight excluding hydrogens is 879 g/mol. The lowest BCUT2D eigenvalue weighted by molar-refractivity contribution is 0.660. The van der Waals surface area contributed by atoms with Gasteiger partial charge in [0, 0.05) is 27.2 Å². The van der Waals surface area contributed by atoms with Gasteiger partial charge in [-0.05, 0) is 139 Å². The normalized spacial score (nSPS) is 15.2. The van der Waals surface area contributed by atoms with Gasteiger partial charge in [0.25, 0.3) is 0 Å². The van der Waals surface area contributed by atoms with Crippen LogP contribution in [0.2, 0.25) is 0 Å². The van der Waals surface area contributed by atoms with E-state index in [2.05, 4.69) is 271 Å². The van der Waals surface area contributed by atoms with Gasteiger partial charge in [0.1, 0.15) is 0 Å². The third-order valence-corrected chi connectivity index (χ3v) is 17.3. The summed E-state index contributed by atoms with van der Waals surface area (Å²) < 4.78 is 2.52. The quantitative estimate of drug-likeness (QED) is 0.140. The Balaban J connectivity index is 1.00. The van der Waals surface area contributed by atoms with E-state index in [9.17, 15) is 0 Å².